The van der Waals surface area contributed by atoms with E-state index in [0.29, 0.717) is 12.0 Å². The highest BCUT2D eigenvalue weighted by Gasteiger charge is 2.13. The molecule has 0 spiro atoms. The van der Waals surface area contributed by atoms with Gasteiger partial charge < -0.3 is 9.13 Å². The van der Waals surface area contributed by atoms with Gasteiger partial charge in [-0.2, -0.15) is 0 Å². The van der Waals surface area contributed by atoms with Crippen molar-refractivity contribution in [1.82, 2.24) is 14.1 Å². The van der Waals surface area contributed by atoms with Crippen molar-refractivity contribution in [3.05, 3.63) is 54.7 Å². The molecule has 104 valence electrons. The quantitative estimate of drug-likeness (QED) is 0.694. The highest BCUT2D eigenvalue weighted by molar-refractivity contribution is 5.79. The molecule has 3 heteroatoms. The van der Waals surface area contributed by atoms with Crippen LogP contribution in [0.5, 0.6) is 0 Å². The van der Waals surface area contributed by atoms with Gasteiger partial charge in [-0.05, 0) is 24.4 Å². The van der Waals surface area contributed by atoms with Gasteiger partial charge in [0.05, 0.1) is 0 Å². The third-order valence-electron chi connectivity index (χ3n) is 3.83. The van der Waals surface area contributed by atoms with Crippen LogP contribution in [0, 0.1) is 0 Å². The molecule has 2 aromatic heterocycles. The minimum atomic E-state index is 0.394. The molecule has 0 saturated heterocycles. The fourth-order valence-electron chi connectivity index (χ4n) is 2.82. The van der Waals surface area contributed by atoms with E-state index in [9.17, 15) is 0 Å². The lowest BCUT2D eigenvalue weighted by atomic mass is 10.2. The lowest BCUT2D eigenvalue weighted by molar-refractivity contribution is 0.450. The van der Waals surface area contributed by atoms with Gasteiger partial charge in [0.25, 0.3) is 0 Å². The monoisotopic (exact) mass is 267 g/mol. The fraction of sp³-hybridized carbons (Fsp3) is 0.353. The number of aromatic nitrogens is 3. The summed E-state index contributed by atoms with van der Waals surface area (Å²) in [7, 11) is 0. The van der Waals surface area contributed by atoms with Gasteiger partial charge in [-0.3, -0.25) is 0 Å². The molecule has 1 aromatic carbocycles. The van der Waals surface area contributed by atoms with Gasteiger partial charge in [0.1, 0.15) is 5.82 Å². The lowest BCUT2D eigenvalue weighted by Crippen LogP contribution is -2.15. The second-order valence-corrected chi connectivity index (χ2v) is 5.72. The highest BCUT2D eigenvalue weighted by Crippen LogP contribution is 2.21. The Kier molecular flexibility index (Phi) is 3.35. The van der Waals surface area contributed by atoms with E-state index in [2.05, 4.69) is 77.6 Å². The molecule has 0 unspecified atom stereocenters. The molecule has 0 fully saturated rings. The predicted molar refractivity (Wildman–Crippen MR) is 83.0 cm³/mol. The van der Waals surface area contributed by atoms with Crippen LogP contribution >= 0.6 is 0 Å². The van der Waals surface area contributed by atoms with E-state index in [-0.39, 0.29) is 0 Å². The molecular weight excluding hydrogens is 246 g/mol. The average molecular weight is 267 g/mol. The van der Waals surface area contributed by atoms with Crippen LogP contribution in [0.15, 0.2) is 48.9 Å². The lowest BCUT2D eigenvalue weighted by Gasteiger charge is -2.19. The highest BCUT2D eigenvalue weighted by atomic mass is 15.1. The molecule has 3 rings (SSSR count). The zero-order chi connectivity index (χ0) is 14.1. The minimum Gasteiger partial charge on any atom is -0.345 e. The average Bonchev–Trinajstić information content (AvgIpc) is 3.06. The maximum atomic E-state index is 4.48. The summed E-state index contributed by atoms with van der Waals surface area (Å²) < 4.78 is 4.61. The standard InChI is InChI=1S/C17H21N3/c1-13(2)17-18-9-11-20(17)14(3)12-19-10-8-15-6-4-5-7-16(15)19/h4-11,13-14H,12H2,1-3H3/t14-/m0/s1. The molecule has 0 radical (unpaired) electrons. The van der Waals surface area contributed by atoms with E-state index in [1.54, 1.807) is 0 Å². The first-order valence-corrected chi connectivity index (χ1v) is 7.23. The first kappa shape index (κ1) is 13.0. The Morgan fingerprint density at radius 2 is 1.85 bits per heavy atom. The molecule has 1 atom stereocenters. The molecule has 3 nitrogen and oxygen atoms in total. The molecule has 3 aromatic rings. The summed E-state index contributed by atoms with van der Waals surface area (Å²) in [4.78, 5) is 4.48. The Morgan fingerprint density at radius 1 is 1.05 bits per heavy atom. The van der Waals surface area contributed by atoms with Crippen molar-refractivity contribution in [2.24, 2.45) is 0 Å². The number of imidazole rings is 1. The van der Waals surface area contributed by atoms with Crippen LogP contribution in [0.3, 0.4) is 0 Å². The number of hydrogen-bond donors (Lipinski definition) is 0. The van der Waals surface area contributed by atoms with Crippen LogP contribution in [-0.4, -0.2) is 14.1 Å². The summed E-state index contributed by atoms with van der Waals surface area (Å²) >= 11 is 0. The first-order chi connectivity index (χ1) is 9.66. The summed E-state index contributed by atoms with van der Waals surface area (Å²) in [6, 6.07) is 11.1. The summed E-state index contributed by atoms with van der Waals surface area (Å²) in [5.74, 6) is 1.61. The van der Waals surface area contributed by atoms with Gasteiger partial charge >= 0.3 is 0 Å². The van der Waals surface area contributed by atoms with Crippen molar-refractivity contribution in [3.8, 4) is 0 Å². The molecule has 0 amide bonds. The SMILES string of the molecule is CC(C)c1nccn1[C@@H](C)Cn1ccc2ccccc21. The summed E-state index contributed by atoms with van der Waals surface area (Å²) in [6.07, 6.45) is 6.17. The van der Waals surface area contributed by atoms with Gasteiger partial charge in [-0.15, -0.1) is 0 Å². The molecule has 0 aliphatic rings. The smallest absolute Gasteiger partial charge is 0.111 e. The maximum Gasteiger partial charge on any atom is 0.111 e. The number of fused-ring (bicyclic) bond motifs is 1. The van der Waals surface area contributed by atoms with Crippen molar-refractivity contribution in [2.45, 2.75) is 39.3 Å². The molecular formula is C17H21N3. The van der Waals surface area contributed by atoms with E-state index in [0.717, 1.165) is 12.4 Å². The molecule has 0 aliphatic carbocycles. The van der Waals surface area contributed by atoms with E-state index < -0.39 is 0 Å². The number of hydrogen-bond acceptors (Lipinski definition) is 1. The Bertz CT molecular complexity index is 706. The van der Waals surface area contributed by atoms with E-state index in [4.69, 9.17) is 0 Å². The van der Waals surface area contributed by atoms with Crippen molar-refractivity contribution >= 4 is 10.9 Å². The Labute approximate surface area is 119 Å². The number of benzene rings is 1. The van der Waals surface area contributed by atoms with Crippen molar-refractivity contribution in [2.75, 3.05) is 0 Å². The largest absolute Gasteiger partial charge is 0.345 e. The van der Waals surface area contributed by atoms with Crippen LogP contribution in [-0.2, 0) is 6.54 Å². The normalized spacial score (nSPS) is 13.2. The minimum absolute atomic E-state index is 0.394. The zero-order valence-electron chi connectivity index (χ0n) is 12.3. The summed E-state index contributed by atoms with van der Waals surface area (Å²) in [5, 5.41) is 1.30. The van der Waals surface area contributed by atoms with Gasteiger partial charge in [-0.1, -0.05) is 32.0 Å². The van der Waals surface area contributed by atoms with Crippen LogP contribution in [0.2, 0.25) is 0 Å². The molecule has 0 bridgehead atoms. The molecule has 0 N–H and O–H groups in total. The summed E-state index contributed by atoms with van der Waals surface area (Å²) in [5.41, 5.74) is 1.30. The zero-order valence-corrected chi connectivity index (χ0v) is 12.3. The Morgan fingerprint density at radius 3 is 2.65 bits per heavy atom. The summed E-state index contributed by atoms with van der Waals surface area (Å²) in [6.45, 7) is 7.60. The number of nitrogens with zero attached hydrogens (tertiary/aromatic N) is 3. The topological polar surface area (TPSA) is 22.8 Å². The van der Waals surface area contributed by atoms with Gasteiger partial charge in [0, 0.05) is 42.6 Å². The maximum absolute atomic E-state index is 4.48. The molecule has 0 aliphatic heterocycles. The number of para-hydroxylation sites is 1. The van der Waals surface area contributed by atoms with E-state index >= 15 is 0 Å². The van der Waals surface area contributed by atoms with E-state index in [1.165, 1.54) is 10.9 Å². The predicted octanol–water partition coefficient (Wildman–Crippen LogP) is 4.22. The fourth-order valence-corrected chi connectivity index (χ4v) is 2.82. The van der Waals surface area contributed by atoms with Gasteiger partial charge in [-0.25, -0.2) is 4.98 Å². The third kappa shape index (κ3) is 2.24. The molecule has 0 saturated carbocycles. The van der Waals surface area contributed by atoms with Crippen LogP contribution in [0.25, 0.3) is 10.9 Å². The second-order valence-electron chi connectivity index (χ2n) is 5.72. The Balaban J connectivity index is 1.89. The van der Waals surface area contributed by atoms with Crippen molar-refractivity contribution < 1.29 is 0 Å². The van der Waals surface area contributed by atoms with Crippen LogP contribution in [0.4, 0.5) is 0 Å². The third-order valence-corrected chi connectivity index (χ3v) is 3.83. The molecule has 2 heterocycles. The first-order valence-electron chi connectivity index (χ1n) is 7.23. The van der Waals surface area contributed by atoms with E-state index in [1.807, 2.05) is 6.20 Å². The van der Waals surface area contributed by atoms with Crippen molar-refractivity contribution in [1.29, 1.82) is 0 Å². The number of rotatable bonds is 4. The van der Waals surface area contributed by atoms with Crippen LogP contribution < -0.4 is 0 Å². The van der Waals surface area contributed by atoms with Crippen molar-refractivity contribution in [3.63, 3.8) is 0 Å². The van der Waals surface area contributed by atoms with Gasteiger partial charge in [0.2, 0.25) is 0 Å². The molecule has 20 heavy (non-hydrogen) atoms. The second kappa shape index (κ2) is 5.16. The van der Waals surface area contributed by atoms with Crippen LogP contribution in [0.1, 0.15) is 38.6 Å². The van der Waals surface area contributed by atoms with Gasteiger partial charge in [0.15, 0.2) is 0 Å². The Hall–Kier alpha value is -2.03.